The summed E-state index contributed by atoms with van der Waals surface area (Å²) >= 11 is 0.423. The van der Waals surface area contributed by atoms with Gasteiger partial charge < -0.3 is 0 Å². The quantitative estimate of drug-likeness (QED) is 0.342. The topological polar surface area (TPSA) is 0 Å². The van der Waals surface area contributed by atoms with Gasteiger partial charge in [0.15, 0.2) is 0 Å². The van der Waals surface area contributed by atoms with E-state index >= 15 is 0 Å². The minimum atomic E-state index is 0.423. The molecule has 1 saturated heterocycles. The van der Waals surface area contributed by atoms with Crippen molar-refractivity contribution in [3.8, 4) is 0 Å². The van der Waals surface area contributed by atoms with Crippen molar-refractivity contribution < 1.29 is 21.2 Å². The molecule has 0 N–H and O–H groups in total. The number of halogens is 1. The molecule has 4 atom stereocenters. The molecule has 0 aromatic carbocycles. The van der Waals surface area contributed by atoms with Crippen LogP contribution in [0.5, 0.6) is 0 Å². The van der Waals surface area contributed by atoms with Crippen LogP contribution in [0.2, 0.25) is 0 Å². The molecule has 4 unspecified atom stereocenters. The zero-order valence-electron chi connectivity index (χ0n) is 7.68. The van der Waals surface area contributed by atoms with Crippen molar-refractivity contribution in [2.75, 3.05) is 4.43 Å². The van der Waals surface area contributed by atoms with Crippen LogP contribution in [0.25, 0.3) is 0 Å². The van der Waals surface area contributed by atoms with E-state index in [1.807, 2.05) is 0 Å². The third kappa shape index (κ3) is 1.98. The molecule has 0 bridgehead atoms. The Balaban J connectivity index is 2.58. The molecule has 0 aromatic rings. The third-order valence-electron chi connectivity index (χ3n) is 2.97. The van der Waals surface area contributed by atoms with Gasteiger partial charge in [0.05, 0.1) is 0 Å². The van der Waals surface area contributed by atoms with Gasteiger partial charge in [0, 0.05) is 0 Å². The summed E-state index contributed by atoms with van der Waals surface area (Å²) in [4.78, 5) is 0. The molecule has 11 heavy (non-hydrogen) atoms. The minimum absolute atomic E-state index is 0.423. The van der Waals surface area contributed by atoms with Crippen LogP contribution in [0.3, 0.4) is 0 Å². The molecule has 0 aromatic heterocycles. The Morgan fingerprint density at radius 1 is 1.27 bits per heavy atom. The van der Waals surface area contributed by atoms with Crippen molar-refractivity contribution in [3.05, 3.63) is 12.7 Å². The molecular formula is C10H18I-. The van der Waals surface area contributed by atoms with Gasteiger partial charge >= 0.3 is 80.7 Å². The molecule has 1 aliphatic rings. The average Bonchev–Trinajstić information content (AvgIpc) is 2.01. The van der Waals surface area contributed by atoms with Gasteiger partial charge in [0.25, 0.3) is 0 Å². The monoisotopic (exact) mass is 265 g/mol. The molecule has 0 saturated carbocycles. The summed E-state index contributed by atoms with van der Waals surface area (Å²) in [7, 11) is 0. The fraction of sp³-hybridized carbons (Fsp3) is 0.800. The second kappa shape index (κ2) is 3.92. The Kier molecular flexibility index (Phi) is 3.41. The first-order chi connectivity index (χ1) is 5.16. The van der Waals surface area contributed by atoms with Crippen molar-refractivity contribution in [2.45, 2.75) is 24.7 Å². The van der Waals surface area contributed by atoms with Crippen molar-refractivity contribution in [1.82, 2.24) is 0 Å². The van der Waals surface area contributed by atoms with E-state index in [4.69, 9.17) is 0 Å². The molecule has 0 aliphatic carbocycles. The average molecular weight is 265 g/mol. The molecule has 0 amide bonds. The van der Waals surface area contributed by atoms with Gasteiger partial charge in [-0.15, -0.1) is 0 Å². The number of hydrogen-bond donors (Lipinski definition) is 0. The Morgan fingerprint density at radius 3 is 2.45 bits per heavy atom. The Labute approximate surface area is 80.7 Å². The van der Waals surface area contributed by atoms with E-state index in [1.165, 1.54) is 4.43 Å². The van der Waals surface area contributed by atoms with Gasteiger partial charge in [-0.1, -0.05) is 0 Å². The van der Waals surface area contributed by atoms with Crippen LogP contribution in [-0.2, 0) is 0 Å². The van der Waals surface area contributed by atoms with E-state index in [-0.39, 0.29) is 0 Å². The third-order valence-corrected chi connectivity index (χ3v) is 7.52. The fourth-order valence-corrected chi connectivity index (χ4v) is 5.62. The molecule has 1 rings (SSSR count). The van der Waals surface area contributed by atoms with E-state index < -0.39 is 0 Å². The molecule has 1 aliphatic heterocycles. The fourth-order valence-electron chi connectivity index (χ4n) is 1.61. The van der Waals surface area contributed by atoms with Crippen LogP contribution in [0.15, 0.2) is 12.7 Å². The van der Waals surface area contributed by atoms with E-state index in [0.717, 1.165) is 21.7 Å². The molecule has 1 heterocycles. The SMILES string of the molecule is C=CC1[I-]CC(C)C(C)C1C. The number of allylic oxidation sites excluding steroid dienone is 1. The van der Waals surface area contributed by atoms with Crippen LogP contribution >= 0.6 is 0 Å². The summed E-state index contributed by atoms with van der Waals surface area (Å²) in [5, 5.41) is 0. The van der Waals surface area contributed by atoms with Crippen molar-refractivity contribution in [1.29, 1.82) is 0 Å². The summed E-state index contributed by atoms with van der Waals surface area (Å²) in [6, 6.07) is 0. The summed E-state index contributed by atoms with van der Waals surface area (Å²) in [5.74, 6) is 2.77. The predicted octanol–water partition coefficient (Wildman–Crippen LogP) is -0.448. The zero-order chi connectivity index (χ0) is 8.43. The van der Waals surface area contributed by atoms with Gasteiger partial charge in [0.2, 0.25) is 0 Å². The number of rotatable bonds is 1. The van der Waals surface area contributed by atoms with Crippen molar-refractivity contribution >= 4 is 0 Å². The molecule has 66 valence electrons. The Morgan fingerprint density at radius 2 is 1.91 bits per heavy atom. The van der Waals surface area contributed by atoms with E-state index in [9.17, 15) is 0 Å². The van der Waals surface area contributed by atoms with E-state index in [2.05, 4.69) is 33.4 Å². The first kappa shape index (κ1) is 9.56. The van der Waals surface area contributed by atoms with Crippen LogP contribution in [0.1, 0.15) is 20.8 Å². The molecule has 0 radical (unpaired) electrons. The molecule has 0 spiro atoms. The second-order valence-electron chi connectivity index (χ2n) is 3.68. The number of hydrogen-bond acceptors (Lipinski definition) is 0. The Hall–Kier alpha value is 0.470. The maximum atomic E-state index is 3.92. The Bertz CT molecular complexity index is 142. The van der Waals surface area contributed by atoms with Crippen molar-refractivity contribution in [3.63, 3.8) is 0 Å². The number of alkyl halides is 2. The van der Waals surface area contributed by atoms with Crippen LogP contribution < -0.4 is 21.2 Å². The van der Waals surface area contributed by atoms with Gasteiger partial charge in [-0.25, -0.2) is 0 Å². The summed E-state index contributed by atoms with van der Waals surface area (Å²) in [6.07, 6.45) is 2.19. The normalized spacial score (nSPS) is 46.1. The molecule has 0 nitrogen and oxygen atoms in total. The van der Waals surface area contributed by atoms with Gasteiger partial charge in [-0.2, -0.15) is 0 Å². The second-order valence-corrected chi connectivity index (χ2v) is 6.88. The van der Waals surface area contributed by atoms with Gasteiger partial charge in [-0.05, 0) is 0 Å². The van der Waals surface area contributed by atoms with E-state index in [1.54, 1.807) is 0 Å². The summed E-state index contributed by atoms with van der Waals surface area (Å²) in [6.45, 7) is 11.1. The standard InChI is InChI=1S/C10H18I/c1-5-10-9(4)8(3)7(2)6-11-10/h5,7-10H,1,6H2,2-4H3/q-1. The van der Waals surface area contributed by atoms with Crippen LogP contribution in [0, 0.1) is 17.8 Å². The van der Waals surface area contributed by atoms with Crippen molar-refractivity contribution in [2.24, 2.45) is 17.8 Å². The van der Waals surface area contributed by atoms with Gasteiger partial charge in [-0.3, -0.25) is 0 Å². The zero-order valence-corrected chi connectivity index (χ0v) is 9.84. The predicted molar refractivity (Wildman–Crippen MR) is 46.3 cm³/mol. The molecule has 1 fully saturated rings. The van der Waals surface area contributed by atoms with Gasteiger partial charge in [0.1, 0.15) is 0 Å². The first-order valence-electron chi connectivity index (χ1n) is 4.37. The first-order valence-corrected chi connectivity index (χ1v) is 7.14. The maximum absolute atomic E-state index is 3.92. The molecular weight excluding hydrogens is 247 g/mol. The van der Waals surface area contributed by atoms with Crippen LogP contribution in [-0.4, -0.2) is 8.35 Å². The summed E-state index contributed by atoms with van der Waals surface area (Å²) in [5.41, 5.74) is 0. The van der Waals surface area contributed by atoms with Crippen LogP contribution in [0.4, 0.5) is 0 Å². The molecule has 1 heteroatoms. The summed E-state index contributed by atoms with van der Waals surface area (Å²) < 4.78 is 2.39. The van der Waals surface area contributed by atoms with E-state index in [0.29, 0.717) is 21.2 Å².